The van der Waals surface area contributed by atoms with Gasteiger partial charge in [0.05, 0.1) is 6.42 Å². The lowest BCUT2D eigenvalue weighted by Gasteiger charge is -2.23. The highest BCUT2D eigenvalue weighted by Gasteiger charge is 2.15. The lowest BCUT2D eigenvalue weighted by atomic mass is 10.1. The molecule has 5 heteroatoms. The number of rotatable bonds is 7. The number of nitrogens with one attached hydrogen (secondary N) is 1. The molecule has 4 rings (SSSR count). The summed E-state index contributed by atoms with van der Waals surface area (Å²) in [6, 6.07) is 27.7. The number of nitrogens with zero attached hydrogens (tertiary/aromatic N) is 2. The van der Waals surface area contributed by atoms with Crippen LogP contribution in [0.3, 0.4) is 0 Å². The summed E-state index contributed by atoms with van der Waals surface area (Å²) < 4.78 is 5.30. The molecule has 1 amide bonds. The Morgan fingerprint density at radius 1 is 0.821 bits per heavy atom. The summed E-state index contributed by atoms with van der Waals surface area (Å²) in [5.74, 6) is -0.120. The van der Waals surface area contributed by atoms with Gasteiger partial charge in [-0.2, -0.15) is 0 Å². The van der Waals surface area contributed by atoms with E-state index in [0.717, 1.165) is 16.5 Å². The van der Waals surface area contributed by atoms with Crippen LogP contribution in [0, 0.1) is 0 Å². The topological polar surface area (TPSA) is 58.4 Å². The molecule has 28 heavy (non-hydrogen) atoms. The normalized spacial score (nSPS) is 11.0. The molecule has 1 N–H and O–H groups in total. The zero-order valence-corrected chi connectivity index (χ0v) is 15.4. The number of fused-ring (bicyclic) bond motifs is 1. The predicted molar refractivity (Wildman–Crippen MR) is 108 cm³/mol. The molecular weight excluding hydrogens is 350 g/mol. The van der Waals surface area contributed by atoms with Gasteiger partial charge in [-0.05, 0) is 23.3 Å². The molecular formula is C23H21N3O2. The minimum absolute atomic E-state index is 0.120. The molecule has 5 nitrogen and oxygen atoms in total. The molecule has 0 unspecified atom stereocenters. The van der Waals surface area contributed by atoms with Crippen molar-refractivity contribution in [1.82, 2.24) is 15.6 Å². The summed E-state index contributed by atoms with van der Waals surface area (Å²) in [4.78, 5) is 12.7. The molecule has 0 saturated carbocycles. The second kappa shape index (κ2) is 8.50. The van der Waals surface area contributed by atoms with Crippen molar-refractivity contribution in [2.24, 2.45) is 0 Å². The Morgan fingerprint density at radius 3 is 2.04 bits per heavy atom. The maximum atomic E-state index is 12.7. The number of para-hydroxylation sites is 1. The molecule has 1 heterocycles. The predicted octanol–water partition coefficient (Wildman–Crippen LogP) is 4.10. The third-order valence-electron chi connectivity index (χ3n) is 4.50. The van der Waals surface area contributed by atoms with Gasteiger partial charge in [0, 0.05) is 18.5 Å². The fourth-order valence-corrected chi connectivity index (χ4v) is 3.18. The highest BCUT2D eigenvalue weighted by Crippen LogP contribution is 2.18. The maximum absolute atomic E-state index is 12.7. The van der Waals surface area contributed by atoms with E-state index in [1.54, 1.807) is 0 Å². The third-order valence-corrected chi connectivity index (χ3v) is 4.50. The highest BCUT2D eigenvalue weighted by molar-refractivity contribution is 5.85. The van der Waals surface area contributed by atoms with Crippen molar-refractivity contribution in [3.8, 4) is 0 Å². The number of benzene rings is 3. The second-order valence-corrected chi connectivity index (χ2v) is 6.66. The molecule has 140 valence electrons. The van der Waals surface area contributed by atoms with Crippen molar-refractivity contribution in [2.45, 2.75) is 19.5 Å². The van der Waals surface area contributed by atoms with Crippen molar-refractivity contribution in [2.75, 3.05) is 0 Å². The molecule has 0 bridgehead atoms. The Balaban J connectivity index is 1.48. The molecule has 3 aromatic carbocycles. The Kier molecular flexibility index (Phi) is 5.45. The number of carbonyl (C=O) groups is 1. The molecule has 1 aromatic heterocycles. The number of carbonyl (C=O) groups excluding carboxylic acids is 1. The van der Waals surface area contributed by atoms with Gasteiger partial charge in [0.15, 0.2) is 5.58 Å². The van der Waals surface area contributed by atoms with Crippen LogP contribution in [0.5, 0.6) is 0 Å². The minimum Gasteiger partial charge on any atom is -0.356 e. The van der Waals surface area contributed by atoms with Crippen molar-refractivity contribution in [3.05, 3.63) is 102 Å². The molecule has 0 fully saturated rings. The zero-order valence-electron chi connectivity index (χ0n) is 15.4. The van der Waals surface area contributed by atoms with E-state index in [0.29, 0.717) is 24.4 Å². The summed E-state index contributed by atoms with van der Waals surface area (Å²) in [5.41, 5.74) is 6.63. The molecule has 0 atom stereocenters. The molecule has 4 aromatic rings. The van der Waals surface area contributed by atoms with Crippen molar-refractivity contribution < 1.29 is 9.32 Å². The van der Waals surface area contributed by atoms with Gasteiger partial charge in [0.2, 0.25) is 5.91 Å². The Hall–Kier alpha value is -3.44. The van der Waals surface area contributed by atoms with Crippen LogP contribution in [0.25, 0.3) is 11.0 Å². The van der Waals surface area contributed by atoms with Gasteiger partial charge in [-0.1, -0.05) is 78.0 Å². The van der Waals surface area contributed by atoms with Crippen LogP contribution in [0.1, 0.15) is 16.8 Å². The van der Waals surface area contributed by atoms with E-state index in [4.69, 9.17) is 4.52 Å². The first-order valence-corrected chi connectivity index (χ1v) is 9.23. The summed E-state index contributed by atoms with van der Waals surface area (Å²) in [7, 11) is 0. The van der Waals surface area contributed by atoms with Crippen molar-refractivity contribution in [1.29, 1.82) is 0 Å². The number of aromatic nitrogens is 1. The maximum Gasteiger partial charge on any atom is 0.240 e. The van der Waals surface area contributed by atoms with E-state index < -0.39 is 0 Å². The summed E-state index contributed by atoms with van der Waals surface area (Å²) in [5, 5.41) is 6.85. The van der Waals surface area contributed by atoms with Gasteiger partial charge in [-0.15, -0.1) is 0 Å². The Morgan fingerprint density at radius 2 is 1.39 bits per heavy atom. The van der Waals surface area contributed by atoms with E-state index in [2.05, 4.69) is 34.8 Å². The number of amides is 1. The van der Waals surface area contributed by atoms with Crippen LogP contribution in [0.2, 0.25) is 0 Å². The summed E-state index contributed by atoms with van der Waals surface area (Å²) in [6.45, 7) is 1.22. The van der Waals surface area contributed by atoms with Gasteiger partial charge < -0.3 is 4.52 Å². The lowest BCUT2D eigenvalue weighted by molar-refractivity contribution is -0.125. The van der Waals surface area contributed by atoms with Gasteiger partial charge in [-0.3, -0.25) is 10.2 Å². The number of hydrogen-bond donors (Lipinski definition) is 1. The first kappa shape index (κ1) is 17.9. The molecule has 0 aliphatic rings. The van der Waals surface area contributed by atoms with E-state index in [-0.39, 0.29) is 12.3 Å². The summed E-state index contributed by atoms with van der Waals surface area (Å²) in [6.07, 6.45) is 0.164. The van der Waals surface area contributed by atoms with E-state index in [1.165, 1.54) is 0 Å². The van der Waals surface area contributed by atoms with Gasteiger partial charge in [0.1, 0.15) is 5.69 Å². The first-order valence-electron chi connectivity index (χ1n) is 9.23. The standard InChI is InChI=1S/C23H21N3O2/c27-23(15-21-20-13-7-8-14-22(20)28-25-21)24-26(16-18-9-3-1-4-10-18)17-19-11-5-2-6-12-19/h1-14H,15-17H2,(H,24,27). The van der Waals surface area contributed by atoms with E-state index in [1.807, 2.05) is 65.7 Å². The fraction of sp³-hybridized carbons (Fsp3) is 0.130. The highest BCUT2D eigenvalue weighted by atomic mass is 16.5. The molecule has 0 radical (unpaired) electrons. The van der Waals surface area contributed by atoms with Gasteiger partial charge >= 0.3 is 0 Å². The van der Waals surface area contributed by atoms with Gasteiger partial charge in [-0.25, -0.2) is 5.01 Å². The van der Waals surface area contributed by atoms with Crippen LogP contribution in [-0.4, -0.2) is 16.1 Å². The molecule has 0 spiro atoms. The van der Waals surface area contributed by atoms with E-state index in [9.17, 15) is 4.79 Å². The number of hydrazine groups is 1. The Bertz CT molecular complexity index is 1000. The molecule has 0 aliphatic heterocycles. The smallest absolute Gasteiger partial charge is 0.240 e. The van der Waals surface area contributed by atoms with Crippen LogP contribution >= 0.6 is 0 Å². The second-order valence-electron chi connectivity index (χ2n) is 6.66. The Labute approximate surface area is 163 Å². The average Bonchev–Trinajstić information content (AvgIpc) is 3.12. The molecule has 0 saturated heterocycles. The van der Waals surface area contributed by atoms with Crippen LogP contribution in [-0.2, 0) is 24.3 Å². The first-order chi connectivity index (χ1) is 13.8. The van der Waals surface area contributed by atoms with Crippen LogP contribution in [0.4, 0.5) is 0 Å². The van der Waals surface area contributed by atoms with Gasteiger partial charge in [0.25, 0.3) is 0 Å². The number of hydrogen-bond acceptors (Lipinski definition) is 4. The van der Waals surface area contributed by atoms with Crippen molar-refractivity contribution >= 4 is 16.9 Å². The van der Waals surface area contributed by atoms with Crippen LogP contribution in [0.15, 0.2) is 89.5 Å². The fourth-order valence-electron chi connectivity index (χ4n) is 3.18. The average molecular weight is 371 g/mol. The minimum atomic E-state index is -0.120. The molecule has 0 aliphatic carbocycles. The third kappa shape index (κ3) is 4.45. The lowest BCUT2D eigenvalue weighted by Crippen LogP contribution is -2.42. The quantitative estimate of drug-likeness (QED) is 0.497. The monoisotopic (exact) mass is 371 g/mol. The van der Waals surface area contributed by atoms with Crippen molar-refractivity contribution in [3.63, 3.8) is 0 Å². The van der Waals surface area contributed by atoms with Crippen LogP contribution < -0.4 is 5.43 Å². The van der Waals surface area contributed by atoms with E-state index >= 15 is 0 Å². The largest absolute Gasteiger partial charge is 0.356 e. The zero-order chi connectivity index (χ0) is 19.2. The summed E-state index contributed by atoms with van der Waals surface area (Å²) >= 11 is 0. The SMILES string of the molecule is O=C(Cc1noc2ccccc12)NN(Cc1ccccc1)Cc1ccccc1.